The molecule has 5 heteroatoms. The second-order valence-electron chi connectivity index (χ2n) is 2.54. The molecule has 1 aromatic carbocycles. The van der Waals surface area contributed by atoms with Crippen molar-refractivity contribution >= 4 is 15.9 Å². The van der Waals surface area contributed by atoms with Gasteiger partial charge in [-0.15, -0.1) is 0 Å². The standard InChI is InChI=1S/C8H7BrF3N/c9-6-4-2-1-3-5(6)7(13)8(10,11)12/h1-4,7H,13H2/t7-/m0/s1. The summed E-state index contributed by atoms with van der Waals surface area (Å²) in [5.74, 6) is 0. The third-order valence-corrected chi connectivity index (χ3v) is 2.32. The van der Waals surface area contributed by atoms with Crippen LogP contribution in [0.3, 0.4) is 0 Å². The molecule has 1 aromatic rings. The molecular weight excluding hydrogens is 247 g/mol. The van der Waals surface area contributed by atoms with Gasteiger partial charge < -0.3 is 5.73 Å². The van der Waals surface area contributed by atoms with E-state index in [2.05, 4.69) is 15.9 Å². The van der Waals surface area contributed by atoms with Gasteiger partial charge in [0.15, 0.2) is 0 Å². The molecule has 0 saturated heterocycles. The van der Waals surface area contributed by atoms with Gasteiger partial charge in [-0.05, 0) is 11.6 Å². The van der Waals surface area contributed by atoms with Crippen LogP contribution < -0.4 is 5.73 Å². The minimum Gasteiger partial charge on any atom is -0.316 e. The lowest BCUT2D eigenvalue weighted by Gasteiger charge is -2.16. The van der Waals surface area contributed by atoms with E-state index in [1.165, 1.54) is 18.2 Å². The fraction of sp³-hybridized carbons (Fsp3) is 0.250. The van der Waals surface area contributed by atoms with Crippen LogP contribution in [0.1, 0.15) is 11.6 Å². The van der Waals surface area contributed by atoms with E-state index in [1.807, 2.05) is 0 Å². The summed E-state index contributed by atoms with van der Waals surface area (Å²) in [4.78, 5) is 0. The van der Waals surface area contributed by atoms with Gasteiger partial charge in [0.2, 0.25) is 0 Å². The van der Waals surface area contributed by atoms with E-state index in [-0.39, 0.29) is 5.56 Å². The van der Waals surface area contributed by atoms with Crippen LogP contribution >= 0.6 is 15.9 Å². The molecule has 0 saturated carbocycles. The number of hydrogen-bond donors (Lipinski definition) is 1. The highest BCUT2D eigenvalue weighted by Gasteiger charge is 2.38. The minimum absolute atomic E-state index is 0.0509. The number of hydrogen-bond acceptors (Lipinski definition) is 1. The van der Waals surface area contributed by atoms with Crippen molar-refractivity contribution in [3.63, 3.8) is 0 Å². The van der Waals surface area contributed by atoms with E-state index in [1.54, 1.807) is 6.07 Å². The zero-order chi connectivity index (χ0) is 10.1. The van der Waals surface area contributed by atoms with Gasteiger partial charge >= 0.3 is 6.18 Å². The maximum absolute atomic E-state index is 12.2. The number of halogens is 4. The Morgan fingerprint density at radius 2 is 1.77 bits per heavy atom. The maximum atomic E-state index is 12.2. The van der Waals surface area contributed by atoms with Gasteiger partial charge in [0.1, 0.15) is 6.04 Å². The van der Waals surface area contributed by atoms with Crippen LogP contribution in [0.15, 0.2) is 28.7 Å². The molecule has 1 atom stereocenters. The first kappa shape index (κ1) is 10.5. The molecule has 0 heterocycles. The van der Waals surface area contributed by atoms with Crippen LogP contribution in [0.2, 0.25) is 0 Å². The Balaban J connectivity index is 3.02. The molecule has 0 bridgehead atoms. The van der Waals surface area contributed by atoms with E-state index in [0.717, 1.165) is 0 Å². The van der Waals surface area contributed by atoms with E-state index >= 15 is 0 Å². The second-order valence-corrected chi connectivity index (χ2v) is 3.40. The Labute approximate surface area is 81.9 Å². The molecule has 0 amide bonds. The Morgan fingerprint density at radius 1 is 1.23 bits per heavy atom. The van der Waals surface area contributed by atoms with Gasteiger partial charge in [-0.2, -0.15) is 13.2 Å². The van der Waals surface area contributed by atoms with Crippen LogP contribution in [-0.2, 0) is 0 Å². The number of nitrogens with two attached hydrogens (primary N) is 1. The summed E-state index contributed by atoms with van der Waals surface area (Å²) in [5, 5.41) is 0. The molecule has 0 spiro atoms. The van der Waals surface area contributed by atoms with Gasteiger partial charge in [-0.1, -0.05) is 34.1 Å². The number of rotatable bonds is 1. The van der Waals surface area contributed by atoms with Crippen molar-refractivity contribution in [1.82, 2.24) is 0 Å². The summed E-state index contributed by atoms with van der Waals surface area (Å²) in [5.41, 5.74) is 5.07. The van der Waals surface area contributed by atoms with Crippen LogP contribution in [0.4, 0.5) is 13.2 Å². The summed E-state index contributed by atoms with van der Waals surface area (Å²) in [7, 11) is 0. The van der Waals surface area contributed by atoms with Crippen LogP contribution in [0.5, 0.6) is 0 Å². The lowest BCUT2D eigenvalue weighted by Crippen LogP contribution is -2.28. The van der Waals surface area contributed by atoms with E-state index in [4.69, 9.17) is 5.73 Å². The lowest BCUT2D eigenvalue weighted by molar-refractivity contribution is -0.149. The second kappa shape index (κ2) is 3.67. The molecule has 1 rings (SSSR count). The van der Waals surface area contributed by atoms with Crippen molar-refractivity contribution in [3.05, 3.63) is 34.3 Å². The Morgan fingerprint density at radius 3 is 2.23 bits per heavy atom. The average Bonchev–Trinajstić information content (AvgIpc) is 2.02. The monoisotopic (exact) mass is 253 g/mol. The highest BCUT2D eigenvalue weighted by atomic mass is 79.9. The molecule has 72 valence electrons. The van der Waals surface area contributed by atoms with E-state index in [9.17, 15) is 13.2 Å². The predicted octanol–water partition coefficient (Wildman–Crippen LogP) is 3.01. The molecule has 0 aliphatic heterocycles. The molecule has 0 aliphatic carbocycles. The topological polar surface area (TPSA) is 26.0 Å². The van der Waals surface area contributed by atoms with Gasteiger partial charge in [0.05, 0.1) is 0 Å². The first-order valence-electron chi connectivity index (χ1n) is 3.49. The zero-order valence-corrected chi connectivity index (χ0v) is 8.06. The summed E-state index contributed by atoms with van der Waals surface area (Å²) >= 11 is 3.01. The third-order valence-electron chi connectivity index (χ3n) is 1.59. The maximum Gasteiger partial charge on any atom is 0.407 e. The molecule has 13 heavy (non-hydrogen) atoms. The number of benzene rings is 1. The average molecular weight is 254 g/mol. The third kappa shape index (κ3) is 2.45. The summed E-state index contributed by atoms with van der Waals surface area (Å²) in [6.07, 6.45) is -4.40. The first-order chi connectivity index (χ1) is 5.93. The molecule has 0 fully saturated rings. The molecule has 2 N–H and O–H groups in total. The van der Waals surface area contributed by atoms with Gasteiger partial charge in [-0.25, -0.2) is 0 Å². The van der Waals surface area contributed by atoms with Gasteiger partial charge in [0.25, 0.3) is 0 Å². The SMILES string of the molecule is N[C@@H](c1ccccc1Br)C(F)(F)F. The fourth-order valence-electron chi connectivity index (χ4n) is 0.904. The van der Waals surface area contributed by atoms with E-state index < -0.39 is 12.2 Å². The minimum atomic E-state index is -4.40. The fourth-order valence-corrected chi connectivity index (χ4v) is 1.44. The summed E-state index contributed by atoms with van der Waals surface area (Å²) in [6, 6.07) is 4.11. The summed E-state index contributed by atoms with van der Waals surface area (Å²) < 4.78 is 36.9. The van der Waals surface area contributed by atoms with Crippen molar-refractivity contribution in [1.29, 1.82) is 0 Å². The normalized spacial score (nSPS) is 14.2. The molecule has 0 unspecified atom stereocenters. The number of alkyl halides is 3. The molecule has 0 radical (unpaired) electrons. The molecule has 1 nitrogen and oxygen atoms in total. The highest BCUT2D eigenvalue weighted by molar-refractivity contribution is 9.10. The Kier molecular flexibility index (Phi) is 2.98. The van der Waals surface area contributed by atoms with Crippen LogP contribution in [0.25, 0.3) is 0 Å². The largest absolute Gasteiger partial charge is 0.407 e. The zero-order valence-electron chi connectivity index (χ0n) is 6.48. The van der Waals surface area contributed by atoms with Crippen molar-refractivity contribution in [2.45, 2.75) is 12.2 Å². The van der Waals surface area contributed by atoms with E-state index in [0.29, 0.717) is 4.47 Å². The first-order valence-corrected chi connectivity index (χ1v) is 4.29. The predicted molar refractivity (Wildman–Crippen MR) is 47.1 cm³/mol. The van der Waals surface area contributed by atoms with Crippen molar-refractivity contribution in [2.24, 2.45) is 5.73 Å². The quantitative estimate of drug-likeness (QED) is 0.819. The molecule has 0 aromatic heterocycles. The van der Waals surface area contributed by atoms with Gasteiger partial charge in [-0.3, -0.25) is 0 Å². The van der Waals surface area contributed by atoms with Gasteiger partial charge in [0, 0.05) is 4.47 Å². The van der Waals surface area contributed by atoms with Crippen molar-refractivity contribution in [3.8, 4) is 0 Å². The van der Waals surface area contributed by atoms with Crippen molar-refractivity contribution < 1.29 is 13.2 Å². The smallest absolute Gasteiger partial charge is 0.316 e. The van der Waals surface area contributed by atoms with Crippen LogP contribution in [0, 0.1) is 0 Å². The lowest BCUT2D eigenvalue weighted by atomic mass is 10.1. The Hall–Kier alpha value is -0.550. The van der Waals surface area contributed by atoms with Crippen molar-refractivity contribution in [2.75, 3.05) is 0 Å². The summed E-state index contributed by atoms with van der Waals surface area (Å²) in [6.45, 7) is 0. The molecule has 0 aliphatic rings. The molecular formula is C8H7BrF3N. The Bertz CT molecular complexity index is 298. The highest BCUT2D eigenvalue weighted by Crippen LogP contribution is 2.33. The van der Waals surface area contributed by atoms with Crippen LogP contribution in [-0.4, -0.2) is 6.18 Å².